The Morgan fingerprint density at radius 1 is 1.10 bits per heavy atom. The van der Waals surface area contributed by atoms with Crippen LogP contribution >= 0.6 is 0 Å². The summed E-state index contributed by atoms with van der Waals surface area (Å²) in [6.45, 7) is 5.50. The maximum atomic E-state index is 13.0. The summed E-state index contributed by atoms with van der Waals surface area (Å²) in [5, 5.41) is 7.06. The molecule has 1 amide bonds. The first-order valence-corrected chi connectivity index (χ1v) is 11.0. The van der Waals surface area contributed by atoms with Crippen LogP contribution in [0.3, 0.4) is 0 Å². The van der Waals surface area contributed by atoms with E-state index in [2.05, 4.69) is 10.4 Å². The lowest BCUT2D eigenvalue weighted by Gasteiger charge is -2.30. The van der Waals surface area contributed by atoms with Crippen LogP contribution in [0.1, 0.15) is 41.5 Å². The van der Waals surface area contributed by atoms with E-state index < -0.39 is 10.0 Å². The number of benzene rings is 1. The Hall–Kier alpha value is -2.52. The molecule has 0 atom stereocenters. The summed E-state index contributed by atoms with van der Waals surface area (Å²) in [6, 6.07) is 6.74. The molecule has 0 aliphatic carbocycles. The summed E-state index contributed by atoms with van der Waals surface area (Å²) < 4.78 is 29.1. The van der Waals surface area contributed by atoms with Gasteiger partial charge in [-0.25, -0.2) is 8.42 Å². The minimum atomic E-state index is -3.64. The van der Waals surface area contributed by atoms with Gasteiger partial charge in [-0.15, -0.1) is 0 Å². The molecule has 1 aliphatic heterocycles. The first kappa shape index (κ1) is 21.2. The first-order chi connectivity index (χ1) is 13.6. The summed E-state index contributed by atoms with van der Waals surface area (Å²) in [4.78, 5) is 24.2. The maximum Gasteiger partial charge on any atom is 0.246 e. The smallest absolute Gasteiger partial charge is 0.246 e. The van der Waals surface area contributed by atoms with Gasteiger partial charge in [0, 0.05) is 37.3 Å². The second-order valence-electron chi connectivity index (χ2n) is 7.42. The molecule has 2 heterocycles. The number of nitrogens with zero attached hydrogens (tertiary/aromatic N) is 3. The zero-order valence-corrected chi connectivity index (χ0v) is 17.9. The second kappa shape index (κ2) is 8.08. The molecule has 29 heavy (non-hydrogen) atoms. The van der Waals surface area contributed by atoms with Gasteiger partial charge < -0.3 is 5.32 Å². The third kappa shape index (κ3) is 4.25. The van der Waals surface area contributed by atoms with Gasteiger partial charge >= 0.3 is 0 Å². The number of carbonyl (C=O) groups excluding carboxylic acids is 2. The van der Waals surface area contributed by atoms with Crippen LogP contribution in [-0.2, 0) is 21.9 Å². The van der Waals surface area contributed by atoms with E-state index in [1.54, 1.807) is 49.8 Å². The molecule has 0 bridgehead atoms. The Balaban J connectivity index is 1.64. The Labute approximate surface area is 170 Å². The van der Waals surface area contributed by atoms with E-state index >= 15 is 0 Å². The molecule has 3 rings (SSSR count). The molecule has 156 valence electrons. The standard InChI is InChI=1S/C20H26N4O4S/c1-13-19(14(2)23(4)22-13)29(27,28)24-11-9-17(10-12-24)20(26)21-18-7-5-16(6-8-18)15(3)25/h5-8,17H,9-12H2,1-4H3,(H,21,26). The van der Waals surface area contributed by atoms with Gasteiger partial charge in [0.2, 0.25) is 15.9 Å². The van der Waals surface area contributed by atoms with Crippen molar-refractivity contribution >= 4 is 27.4 Å². The van der Waals surface area contributed by atoms with Crippen molar-refractivity contribution in [3.63, 3.8) is 0 Å². The molecule has 1 aromatic heterocycles. The zero-order valence-electron chi connectivity index (χ0n) is 17.1. The summed E-state index contributed by atoms with van der Waals surface area (Å²) in [5.74, 6) is -0.424. The fraction of sp³-hybridized carbons (Fsp3) is 0.450. The second-order valence-corrected chi connectivity index (χ2v) is 9.30. The summed E-state index contributed by atoms with van der Waals surface area (Å²) in [6.07, 6.45) is 0.907. The lowest BCUT2D eigenvalue weighted by molar-refractivity contribution is -0.120. The third-order valence-corrected chi connectivity index (χ3v) is 7.58. The van der Waals surface area contributed by atoms with Crippen molar-refractivity contribution < 1.29 is 18.0 Å². The Morgan fingerprint density at radius 3 is 2.17 bits per heavy atom. The van der Waals surface area contributed by atoms with Crippen LogP contribution in [0.5, 0.6) is 0 Å². The average molecular weight is 419 g/mol. The number of nitrogens with one attached hydrogen (secondary N) is 1. The number of hydrogen-bond donors (Lipinski definition) is 1. The summed E-state index contributed by atoms with van der Waals surface area (Å²) in [5.41, 5.74) is 2.30. The van der Waals surface area contributed by atoms with E-state index in [0.29, 0.717) is 35.5 Å². The molecule has 0 unspecified atom stereocenters. The summed E-state index contributed by atoms with van der Waals surface area (Å²) in [7, 11) is -1.91. The van der Waals surface area contributed by atoms with Gasteiger partial charge in [-0.1, -0.05) is 0 Å². The van der Waals surface area contributed by atoms with Crippen LogP contribution in [-0.4, -0.2) is 47.3 Å². The van der Waals surface area contributed by atoms with E-state index in [1.807, 2.05) is 0 Å². The Kier molecular flexibility index (Phi) is 5.90. The van der Waals surface area contributed by atoms with Crippen LogP contribution in [0, 0.1) is 19.8 Å². The highest BCUT2D eigenvalue weighted by atomic mass is 32.2. The molecular formula is C20H26N4O4S. The van der Waals surface area contributed by atoms with Crippen molar-refractivity contribution in [1.29, 1.82) is 0 Å². The average Bonchev–Trinajstić information content (AvgIpc) is 2.94. The maximum absolute atomic E-state index is 13.0. The number of aryl methyl sites for hydroxylation is 2. The molecule has 0 radical (unpaired) electrons. The monoisotopic (exact) mass is 418 g/mol. The van der Waals surface area contributed by atoms with Crippen molar-refractivity contribution in [2.75, 3.05) is 18.4 Å². The SMILES string of the molecule is CC(=O)c1ccc(NC(=O)C2CCN(S(=O)(=O)c3c(C)nn(C)c3C)CC2)cc1. The van der Waals surface area contributed by atoms with Crippen LogP contribution in [0.4, 0.5) is 5.69 Å². The predicted molar refractivity (Wildman–Crippen MR) is 109 cm³/mol. The van der Waals surface area contributed by atoms with Crippen LogP contribution < -0.4 is 5.32 Å². The molecule has 0 saturated carbocycles. The molecule has 1 aromatic carbocycles. The number of anilines is 1. The number of ketones is 1. The molecule has 0 spiro atoms. The highest BCUT2D eigenvalue weighted by molar-refractivity contribution is 7.89. The molecule has 1 aliphatic rings. The number of sulfonamides is 1. The molecule has 1 saturated heterocycles. The van der Waals surface area contributed by atoms with E-state index in [-0.39, 0.29) is 35.6 Å². The van der Waals surface area contributed by atoms with E-state index in [4.69, 9.17) is 0 Å². The van der Waals surface area contributed by atoms with Crippen molar-refractivity contribution in [1.82, 2.24) is 14.1 Å². The van der Waals surface area contributed by atoms with Gasteiger partial charge in [0.15, 0.2) is 5.78 Å². The zero-order chi connectivity index (χ0) is 21.3. The van der Waals surface area contributed by atoms with Crippen molar-refractivity contribution in [3.05, 3.63) is 41.2 Å². The van der Waals surface area contributed by atoms with Gasteiger partial charge in [-0.05, 0) is 57.9 Å². The van der Waals surface area contributed by atoms with Crippen molar-refractivity contribution in [3.8, 4) is 0 Å². The summed E-state index contributed by atoms with van der Waals surface area (Å²) >= 11 is 0. The highest BCUT2D eigenvalue weighted by Gasteiger charge is 2.35. The number of piperidine rings is 1. The minimum absolute atomic E-state index is 0.0319. The lowest BCUT2D eigenvalue weighted by atomic mass is 9.97. The molecule has 2 aromatic rings. The number of amides is 1. The fourth-order valence-electron chi connectivity index (χ4n) is 3.65. The van der Waals surface area contributed by atoms with Gasteiger partial charge in [0.05, 0.1) is 11.4 Å². The van der Waals surface area contributed by atoms with Crippen molar-refractivity contribution in [2.24, 2.45) is 13.0 Å². The molecule has 8 nitrogen and oxygen atoms in total. The number of carbonyl (C=O) groups is 2. The van der Waals surface area contributed by atoms with Gasteiger partial charge in [-0.3, -0.25) is 14.3 Å². The van der Waals surface area contributed by atoms with Crippen LogP contribution in [0.25, 0.3) is 0 Å². The number of Topliss-reactive ketones (excluding diaryl/α,β-unsaturated/α-hetero) is 1. The molecular weight excluding hydrogens is 392 g/mol. The predicted octanol–water partition coefficient (Wildman–Crippen LogP) is 2.28. The molecule has 9 heteroatoms. The lowest BCUT2D eigenvalue weighted by Crippen LogP contribution is -2.41. The third-order valence-electron chi connectivity index (χ3n) is 5.42. The number of rotatable bonds is 5. The Bertz CT molecular complexity index is 1030. The van der Waals surface area contributed by atoms with Gasteiger partial charge in [0.1, 0.15) is 4.90 Å². The highest BCUT2D eigenvalue weighted by Crippen LogP contribution is 2.28. The molecule has 1 N–H and O–H groups in total. The number of hydrogen-bond acceptors (Lipinski definition) is 5. The number of aromatic nitrogens is 2. The van der Waals surface area contributed by atoms with Crippen molar-refractivity contribution in [2.45, 2.75) is 38.5 Å². The normalized spacial score (nSPS) is 16.0. The fourth-order valence-corrected chi connectivity index (χ4v) is 5.52. The molecule has 1 fully saturated rings. The topological polar surface area (TPSA) is 101 Å². The first-order valence-electron chi connectivity index (χ1n) is 9.53. The Morgan fingerprint density at radius 2 is 1.69 bits per heavy atom. The van der Waals surface area contributed by atoms with E-state index in [1.165, 1.54) is 11.2 Å². The van der Waals surface area contributed by atoms with Crippen LogP contribution in [0.15, 0.2) is 29.2 Å². The largest absolute Gasteiger partial charge is 0.326 e. The van der Waals surface area contributed by atoms with E-state index in [0.717, 1.165) is 0 Å². The van der Waals surface area contributed by atoms with Crippen LogP contribution in [0.2, 0.25) is 0 Å². The van der Waals surface area contributed by atoms with Gasteiger partial charge in [0.25, 0.3) is 0 Å². The minimum Gasteiger partial charge on any atom is -0.326 e. The quantitative estimate of drug-likeness (QED) is 0.751. The van der Waals surface area contributed by atoms with Gasteiger partial charge in [-0.2, -0.15) is 9.40 Å². The van der Waals surface area contributed by atoms with E-state index in [9.17, 15) is 18.0 Å².